The molecule has 0 bridgehead atoms. The molecule has 0 spiro atoms. The number of carbonyl (C=O) groups excluding carboxylic acids is 1. The molecule has 1 aromatic rings. The molecule has 16 heavy (non-hydrogen) atoms. The zero-order valence-electron chi connectivity index (χ0n) is 10.3. The van der Waals surface area contributed by atoms with Gasteiger partial charge in [-0.25, -0.2) is 0 Å². The summed E-state index contributed by atoms with van der Waals surface area (Å²) in [5, 5.41) is 7.39. The molecule has 1 unspecified atom stereocenters. The first kappa shape index (κ1) is 12.7. The van der Waals surface area contributed by atoms with Gasteiger partial charge in [-0.1, -0.05) is 0 Å². The fourth-order valence-electron chi connectivity index (χ4n) is 1.41. The van der Waals surface area contributed by atoms with Crippen molar-refractivity contribution in [1.82, 2.24) is 15.1 Å². The van der Waals surface area contributed by atoms with Crippen LogP contribution in [-0.4, -0.2) is 22.2 Å². The average Bonchev–Trinajstić information content (AvgIpc) is 2.61. The van der Waals surface area contributed by atoms with Crippen LogP contribution in [-0.2, 0) is 11.8 Å². The number of hydrogen-bond donors (Lipinski definition) is 2. The highest BCUT2D eigenvalue weighted by Crippen LogP contribution is 2.16. The number of rotatable bonds is 5. The molecular weight excluding hydrogens is 204 g/mol. The first-order chi connectivity index (χ1) is 7.34. The quantitative estimate of drug-likeness (QED) is 0.768. The van der Waals surface area contributed by atoms with E-state index in [4.69, 9.17) is 5.73 Å². The van der Waals surface area contributed by atoms with Gasteiger partial charge in [0.1, 0.15) is 0 Å². The lowest BCUT2D eigenvalue weighted by molar-refractivity contribution is -0.125. The summed E-state index contributed by atoms with van der Waals surface area (Å²) in [6, 6.07) is 2.10. The van der Waals surface area contributed by atoms with Crippen LogP contribution < -0.4 is 11.1 Å². The number of hydrogen-bond acceptors (Lipinski definition) is 3. The lowest BCUT2D eigenvalue weighted by Crippen LogP contribution is -2.41. The number of nitrogens with two attached hydrogens (primary N) is 1. The number of aryl methyl sites for hydroxylation is 1. The molecule has 1 rings (SSSR count). The zero-order chi connectivity index (χ0) is 12.3. The highest BCUT2D eigenvalue weighted by molar-refractivity contribution is 5.80. The van der Waals surface area contributed by atoms with E-state index in [9.17, 15) is 4.79 Å². The van der Waals surface area contributed by atoms with Crippen molar-refractivity contribution >= 4 is 5.91 Å². The van der Waals surface area contributed by atoms with Crippen LogP contribution in [0.15, 0.2) is 12.3 Å². The van der Waals surface area contributed by atoms with Gasteiger partial charge in [-0.15, -0.1) is 0 Å². The number of nitrogens with zero attached hydrogens (tertiary/aromatic N) is 2. The minimum Gasteiger partial charge on any atom is -0.369 e. The monoisotopic (exact) mass is 224 g/mol. The number of carbonyl (C=O) groups is 1. The SMILES string of the molecule is CC(NCC(C)(C)C(N)=O)c1ccnn1C. The Balaban J connectivity index is 2.57. The molecule has 90 valence electrons. The lowest BCUT2D eigenvalue weighted by atomic mass is 9.92. The normalized spacial score (nSPS) is 13.8. The van der Waals surface area contributed by atoms with Crippen LogP contribution in [0.4, 0.5) is 0 Å². The molecule has 0 fully saturated rings. The third-order valence-corrected chi connectivity index (χ3v) is 2.82. The van der Waals surface area contributed by atoms with Crippen LogP contribution in [0.5, 0.6) is 0 Å². The molecular formula is C11H20N4O. The van der Waals surface area contributed by atoms with Crippen molar-refractivity contribution in [3.8, 4) is 0 Å². The second-order valence-corrected chi connectivity index (χ2v) is 4.73. The van der Waals surface area contributed by atoms with Crippen molar-refractivity contribution in [2.45, 2.75) is 26.8 Å². The van der Waals surface area contributed by atoms with Gasteiger partial charge in [-0.3, -0.25) is 9.48 Å². The average molecular weight is 224 g/mol. The summed E-state index contributed by atoms with van der Waals surface area (Å²) in [5.74, 6) is -0.294. The molecule has 0 aromatic carbocycles. The number of amides is 1. The van der Waals surface area contributed by atoms with E-state index in [0.717, 1.165) is 5.69 Å². The highest BCUT2D eigenvalue weighted by atomic mass is 16.1. The van der Waals surface area contributed by atoms with Crippen LogP contribution in [0.25, 0.3) is 0 Å². The lowest BCUT2D eigenvalue weighted by Gasteiger charge is -2.23. The second-order valence-electron chi connectivity index (χ2n) is 4.73. The number of aromatic nitrogens is 2. The predicted octanol–water partition coefficient (Wildman–Crippen LogP) is 0.582. The van der Waals surface area contributed by atoms with Crippen LogP contribution in [0.1, 0.15) is 32.5 Å². The van der Waals surface area contributed by atoms with Gasteiger partial charge >= 0.3 is 0 Å². The summed E-state index contributed by atoms with van der Waals surface area (Å²) < 4.78 is 1.81. The molecule has 1 atom stereocenters. The summed E-state index contributed by atoms with van der Waals surface area (Å²) in [6.07, 6.45) is 1.76. The fraction of sp³-hybridized carbons (Fsp3) is 0.636. The van der Waals surface area contributed by atoms with Crippen molar-refractivity contribution in [3.63, 3.8) is 0 Å². The van der Waals surface area contributed by atoms with Crippen LogP contribution in [0.2, 0.25) is 0 Å². The molecule has 5 nitrogen and oxygen atoms in total. The topological polar surface area (TPSA) is 72.9 Å². The van der Waals surface area contributed by atoms with E-state index in [1.807, 2.05) is 38.6 Å². The summed E-state index contributed by atoms with van der Waals surface area (Å²) in [5.41, 5.74) is 5.86. The molecule has 1 amide bonds. The van der Waals surface area contributed by atoms with E-state index >= 15 is 0 Å². The van der Waals surface area contributed by atoms with Gasteiger partial charge in [0.05, 0.1) is 11.1 Å². The van der Waals surface area contributed by atoms with E-state index in [-0.39, 0.29) is 11.9 Å². The van der Waals surface area contributed by atoms with Crippen molar-refractivity contribution < 1.29 is 4.79 Å². The molecule has 0 aliphatic rings. The van der Waals surface area contributed by atoms with Gasteiger partial charge in [0, 0.05) is 25.8 Å². The summed E-state index contributed by atoms with van der Waals surface area (Å²) in [6.45, 7) is 6.25. The molecule has 0 saturated carbocycles. The fourth-order valence-corrected chi connectivity index (χ4v) is 1.41. The van der Waals surface area contributed by atoms with Gasteiger partial charge in [0.2, 0.25) is 5.91 Å². The minimum absolute atomic E-state index is 0.145. The maximum atomic E-state index is 11.2. The van der Waals surface area contributed by atoms with E-state index < -0.39 is 5.41 Å². The maximum Gasteiger partial charge on any atom is 0.224 e. The van der Waals surface area contributed by atoms with Crippen molar-refractivity contribution in [1.29, 1.82) is 0 Å². The molecule has 0 radical (unpaired) electrons. The smallest absolute Gasteiger partial charge is 0.224 e. The summed E-state index contributed by atoms with van der Waals surface area (Å²) in [7, 11) is 1.90. The van der Waals surface area contributed by atoms with E-state index in [1.165, 1.54) is 0 Å². The Morgan fingerprint density at radius 1 is 1.69 bits per heavy atom. The van der Waals surface area contributed by atoms with Gasteiger partial charge in [-0.05, 0) is 26.8 Å². The summed E-state index contributed by atoms with van der Waals surface area (Å²) in [4.78, 5) is 11.2. The standard InChI is InChI=1S/C11H20N4O/c1-8(9-5-6-14-15(9)4)13-7-11(2,3)10(12)16/h5-6,8,13H,7H2,1-4H3,(H2,12,16). The first-order valence-corrected chi connectivity index (χ1v) is 5.36. The van der Waals surface area contributed by atoms with Crippen molar-refractivity contribution in [2.75, 3.05) is 6.54 Å². The van der Waals surface area contributed by atoms with Crippen LogP contribution >= 0.6 is 0 Å². The van der Waals surface area contributed by atoms with Gasteiger partial charge < -0.3 is 11.1 Å². The molecule has 1 aromatic heterocycles. The third-order valence-electron chi connectivity index (χ3n) is 2.82. The van der Waals surface area contributed by atoms with E-state index in [0.29, 0.717) is 6.54 Å². The van der Waals surface area contributed by atoms with Crippen LogP contribution in [0.3, 0.4) is 0 Å². The van der Waals surface area contributed by atoms with Gasteiger partial charge in [0.25, 0.3) is 0 Å². The Labute approximate surface area is 96.0 Å². The number of nitrogens with one attached hydrogen (secondary N) is 1. The van der Waals surface area contributed by atoms with Gasteiger partial charge in [0.15, 0.2) is 0 Å². The molecule has 1 heterocycles. The molecule has 5 heteroatoms. The Hall–Kier alpha value is -1.36. The largest absolute Gasteiger partial charge is 0.369 e. The third kappa shape index (κ3) is 2.82. The Morgan fingerprint density at radius 3 is 2.75 bits per heavy atom. The highest BCUT2D eigenvalue weighted by Gasteiger charge is 2.25. The molecule has 0 saturated heterocycles. The Kier molecular flexibility index (Phi) is 3.70. The molecule has 0 aliphatic heterocycles. The molecule has 0 aliphatic carbocycles. The first-order valence-electron chi connectivity index (χ1n) is 5.36. The van der Waals surface area contributed by atoms with Crippen molar-refractivity contribution in [3.05, 3.63) is 18.0 Å². The molecule has 3 N–H and O–H groups in total. The minimum atomic E-state index is -0.535. The second kappa shape index (κ2) is 4.65. The van der Waals surface area contributed by atoms with Crippen molar-refractivity contribution in [2.24, 2.45) is 18.2 Å². The maximum absolute atomic E-state index is 11.2. The zero-order valence-corrected chi connectivity index (χ0v) is 10.3. The Bertz CT molecular complexity index is 370. The number of primary amides is 1. The van der Waals surface area contributed by atoms with E-state index in [1.54, 1.807) is 6.20 Å². The van der Waals surface area contributed by atoms with Gasteiger partial charge in [-0.2, -0.15) is 5.10 Å². The van der Waals surface area contributed by atoms with Crippen LogP contribution in [0, 0.1) is 5.41 Å². The predicted molar refractivity (Wildman–Crippen MR) is 62.6 cm³/mol. The summed E-state index contributed by atoms with van der Waals surface area (Å²) >= 11 is 0. The van der Waals surface area contributed by atoms with E-state index in [2.05, 4.69) is 10.4 Å². The Morgan fingerprint density at radius 2 is 2.31 bits per heavy atom.